The number of benzene rings is 1. The van der Waals surface area contributed by atoms with Gasteiger partial charge in [-0.1, -0.05) is 30.3 Å². The molecule has 0 fully saturated rings. The van der Waals surface area contributed by atoms with Crippen molar-refractivity contribution in [3.8, 4) is 0 Å². The van der Waals surface area contributed by atoms with Gasteiger partial charge in [0.15, 0.2) is 5.51 Å². The molecular weight excluding hydrogens is 166 g/mol. The zero-order valence-corrected chi connectivity index (χ0v) is 7.34. The third-order valence-corrected chi connectivity index (χ3v) is 2.37. The maximum atomic E-state index is 3.91. The summed E-state index contributed by atoms with van der Waals surface area (Å²) in [7, 11) is 0. The van der Waals surface area contributed by atoms with E-state index in [9.17, 15) is 0 Å². The molecule has 0 atom stereocenters. The Morgan fingerprint density at radius 3 is 2.75 bits per heavy atom. The fraction of sp³-hybridized carbons (Fsp3) is 0.100. The van der Waals surface area contributed by atoms with E-state index in [0.29, 0.717) is 0 Å². The summed E-state index contributed by atoms with van der Waals surface area (Å²) in [5, 5.41) is 0. The molecule has 0 saturated heterocycles. The van der Waals surface area contributed by atoms with Crippen LogP contribution in [0.1, 0.15) is 10.4 Å². The molecule has 0 aliphatic heterocycles. The van der Waals surface area contributed by atoms with Gasteiger partial charge in [-0.15, -0.1) is 11.3 Å². The van der Waals surface area contributed by atoms with Crippen LogP contribution in [0, 0.1) is 5.51 Å². The molecule has 2 aromatic rings. The first kappa shape index (κ1) is 7.50. The van der Waals surface area contributed by atoms with Crippen LogP contribution in [0.2, 0.25) is 0 Å². The largest absolute Gasteiger partial charge is 0.242 e. The van der Waals surface area contributed by atoms with Crippen LogP contribution in [0.3, 0.4) is 0 Å². The molecule has 2 heteroatoms. The summed E-state index contributed by atoms with van der Waals surface area (Å²) in [6, 6.07) is 10.4. The van der Waals surface area contributed by atoms with Gasteiger partial charge in [-0.25, -0.2) is 4.98 Å². The van der Waals surface area contributed by atoms with E-state index in [2.05, 4.69) is 34.8 Å². The Morgan fingerprint density at radius 2 is 2.08 bits per heavy atom. The van der Waals surface area contributed by atoms with Crippen molar-refractivity contribution < 1.29 is 0 Å². The minimum atomic E-state index is 0.974. The molecule has 0 bridgehead atoms. The van der Waals surface area contributed by atoms with Crippen molar-refractivity contribution in [2.45, 2.75) is 6.42 Å². The maximum Gasteiger partial charge on any atom is 0.152 e. The van der Waals surface area contributed by atoms with E-state index in [1.807, 2.05) is 12.3 Å². The van der Waals surface area contributed by atoms with Gasteiger partial charge in [-0.2, -0.15) is 0 Å². The van der Waals surface area contributed by atoms with Gasteiger partial charge < -0.3 is 0 Å². The molecule has 0 aliphatic rings. The van der Waals surface area contributed by atoms with Gasteiger partial charge in [0.1, 0.15) is 0 Å². The predicted molar refractivity (Wildman–Crippen MR) is 50.2 cm³/mol. The standard InChI is InChI=1S/C10H8NS/c1-2-4-9(5-3-1)6-10-7-11-8-12-10/h1-5,7H,6H2. The lowest BCUT2D eigenvalue weighted by molar-refractivity contribution is 1.22. The Bertz CT molecular complexity index is 326. The van der Waals surface area contributed by atoms with Crippen molar-refractivity contribution in [1.29, 1.82) is 0 Å². The van der Waals surface area contributed by atoms with Crippen LogP contribution in [0.15, 0.2) is 36.5 Å². The van der Waals surface area contributed by atoms with E-state index in [1.54, 1.807) is 11.3 Å². The molecule has 1 nitrogen and oxygen atoms in total. The molecule has 0 amide bonds. The number of nitrogens with zero attached hydrogens (tertiary/aromatic N) is 1. The van der Waals surface area contributed by atoms with Gasteiger partial charge in [0, 0.05) is 17.5 Å². The molecule has 59 valence electrons. The molecular formula is C10H8NS. The van der Waals surface area contributed by atoms with E-state index < -0.39 is 0 Å². The molecule has 1 aromatic carbocycles. The zero-order chi connectivity index (χ0) is 8.23. The highest BCUT2D eigenvalue weighted by Gasteiger charge is 1.95. The van der Waals surface area contributed by atoms with Crippen LogP contribution in [-0.4, -0.2) is 4.98 Å². The summed E-state index contributed by atoms with van der Waals surface area (Å²) in [4.78, 5) is 5.18. The van der Waals surface area contributed by atoms with Crippen molar-refractivity contribution in [3.63, 3.8) is 0 Å². The molecule has 1 radical (unpaired) electrons. The second-order valence-corrected chi connectivity index (χ2v) is 3.49. The molecule has 12 heavy (non-hydrogen) atoms. The second kappa shape index (κ2) is 3.50. The summed E-state index contributed by atoms with van der Waals surface area (Å²) in [5.41, 5.74) is 4.17. The molecule has 1 heterocycles. The molecule has 2 rings (SSSR count). The highest BCUT2D eigenvalue weighted by molar-refractivity contribution is 7.09. The Hall–Kier alpha value is -1.15. The average molecular weight is 174 g/mol. The number of hydrogen-bond donors (Lipinski definition) is 0. The smallest absolute Gasteiger partial charge is 0.152 e. The quantitative estimate of drug-likeness (QED) is 0.681. The summed E-state index contributed by atoms with van der Waals surface area (Å²) >= 11 is 1.58. The van der Waals surface area contributed by atoms with E-state index >= 15 is 0 Å². The van der Waals surface area contributed by atoms with E-state index in [-0.39, 0.29) is 0 Å². The van der Waals surface area contributed by atoms with Crippen molar-refractivity contribution in [3.05, 3.63) is 52.5 Å². The fourth-order valence-electron chi connectivity index (χ4n) is 1.09. The number of rotatable bonds is 2. The summed E-state index contributed by atoms with van der Waals surface area (Å²) < 4.78 is 0. The van der Waals surface area contributed by atoms with Crippen molar-refractivity contribution in [2.75, 3.05) is 0 Å². The lowest BCUT2D eigenvalue weighted by Gasteiger charge is -1.95. The van der Waals surface area contributed by atoms with E-state index in [0.717, 1.165) is 6.42 Å². The number of thiazole rings is 1. The zero-order valence-electron chi connectivity index (χ0n) is 6.53. The monoisotopic (exact) mass is 174 g/mol. The Balaban J connectivity index is 2.15. The third kappa shape index (κ3) is 1.71. The first-order valence-electron chi connectivity index (χ1n) is 3.80. The van der Waals surface area contributed by atoms with E-state index in [1.165, 1.54) is 10.4 Å². The molecule has 0 unspecified atom stereocenters. The SMILES string of the molecule is [c]1ncc(Cc2ccccc2)s1. The molecule has 0 spiro atoms. The second-order valence-electron chi connectivity index (χ2n) is 2.58. The molecule has 0 saturated carbocycles. The first-order valence-corrected chi connectivity index (χ1v) is 4.61. The van der Waals surface area contributed by atoms with E-state index in [4.69, 9.17) is 0 Å². The Labute approximate surface area is 75.7 Å². The maximum absolute atomic E-state index is 3.91. The van der Waals surface area contributed by atoms with Crippen LogP contribution in [0.4, 0.5) is 0 Å². The van der Waals surface area contributed by atoms with Gasteiger partial charge >= 0.3 is 0 Å². The Kier molecular flexibility index (Phi) is 2.19. The van der Waals surface area contributed by atoms with Crippen molar-refractivity contribution >= 4 is 11.3 Å². The molecule has 1 aromatic heterocycles. The fourth-order valence-corrected chi connectivity index (χ4v) is 1.66. The molecule has 0 aliphatic carbocycles. The first-order chi connectivity index (χ1) is 5.95. The van der Waals surface area contributed by atoms with Crippen LogP contribution in [0.5, 0.6) is 0 Å². The van der Waals surface area contributed by atoms with Gasteiger partial charge in [-0.05, 0) is 5.56 Å². The summed E-state index contributed by atoms with van der Waals surface area (Å²) in [6.45, 7) is 0. The van der Waals surface area contributed by atoms with Crippen LogP contribution in [0.25, 0.3) is 0 Å². The van der Waals surface area contributed by atoms with Gasteiger partial charge in [0.2, 0.25) is 0 Å². The normalized spacial score (nSPS) is 10.0. The number of hydrogen-bond acceptors (Lipinski definition) is 2. The molecule has 0 N–H and O–H groups in total. The van der Waals surface area contributed by atoms with Crippen LogP contribution >= 0.6 is 11.3 Å². The highest BCUT2D eigenvalue weighted by atomic mass is 32.1. The van der Waals surface area contributed by atoms with Crippen LogP contribution < -0.4 is 0 Å². The van der Waals surface area contributed by atoms with Crippen molar-refractivity contribution in [1.82, 2.24) is 4.98 Å². The minimum Gasteiger partial charge on any atom is -0.242 e. The summed E-state index contributed by atoms with van der Waals surface area (Å²) in [5.74, 6) is 0. The third-order valence-electron chi connectivity index (χ3n) is 1.66. The average Bonchev–Trinajstić information content (AvgIpc) is 2.59. The number of aromatic nitrogens is 1. The predicted octanol–water partition coefficient (Wildman–Crippen LogP) is 2.53. The lowest BCUT2D eigenvalue weighted by Crippen LogP contribution is -1.82. The lowest BCUT2D eigenvalue weighted by atomic mass is 10.1. The highest BCUT2D eigenvalue weighted by Crippen LogP contribution is 2.11. The minimum absolute atomic E-state index is 0.974. The van der Waals surface area contributed by atoms with Crippen molar-refractivity contribution in [2.24, 2.45) is 0 Å². The van der Waals surface area contributed by atoms with Gasteiger partial charge in [0.25, 0.3) is 0 Å². The Morgan fingerprint density at radius 1 is 1.25 bits per heavy atom. The topological polar surface area (TPSA) is 12.9 Å². The van der Waals surface area contributed by atoms with Gasteiger partial charge in [-0.3, -0.25) is 0 Å². The summed E-state index contributed by atoms with van der Waals surface area (Å²) in [6.07, 6.45) is 2.85. The van der Waals surface area contributed by atoms with Crippen LogP contribution in [-0.2, 0) is 6.42 Å². The van der Waals surface area contributed by atoms with Gasteiger partial charge in [0.05, 0.1) is 0 Å².